The van der Waals surface area contributed by atoms with Crippen LogP contribution in [0.15, 0.2) is 30.3 Å². The standard InChI is InChI=1S/C16H22N4O2S/c1-4-12(10-21)17-14(22)18-15-20-19-13(23-15)16(2,3)11-8-6-5-7-9-11/h5-9,12,21H,4,10H2,1-3H3,(H2,17,18,20,22). The van der Waals surface area contributed by atoms with Gasteiger partial charge < -0.3 is 10.4 Å². The van der Waals surface area contributed by atoms with Crippen LogP contribution < -0.4 is 10.6 Å². The zero-order chi connectivity index (χ0) is 16.9. The van der Waals surface area contributed by atoms with Gasteiger partial charge in [0.15, 0.2) is 0 Å². The highest BCUT2D eigenvalue weighted by atomic mass is 32.1. The minimum Gasteiger partial charge on any atom is -0.394 e. The first-order chi connectivity index (χ1) is 11.0. The van der Waals surface area contributed by atoms with E-state index in [-0.39, 0.29) is 24.1 Å². The quantitative estimate of drug-likeness (QED) is 0.758. The molecular weight excluding hydrogens is 312 g/mol. The fourth-order valence-electron chi connectivity index (χ4n) is 2.10. The van der Waals surface area contributed by atoms with E-state index in [2.05, 4.69) is 34.7 Å². The first kappa shape index (κ1) is 17.4. The number of urea groups is 1. The maximum atomic E-state index is 11.9. The number of nitrogens with one attached hydrogen (secondary N) is 2. The first-order valence-electron chi connectivity index (χ1n) is 7.55. The molecule has 1 unspecified atom stereocenters. The minimum atomic E-state index is -0.383. The smallest absolute Gasteiger partial charge is 0.321 e. The zero-order valence-electron chi connectivity index (χ0n) is 13.5. The fraction of sp³-hybridized carbons (Fsp3) is 0.438. The van der Waals surface area contributed by atoms with Crippen molar-refractivity contribution in [3.8, 4) is 0 Å². The Hall–Kier alpha value is -1.99. The molecule has 1 aromatic carbocycles. The van der Waals surface area contributed by atoms with Crippen molar-refractivity contribution in [2.24, 2.45) is 0 Å². The van der Waals surface area contributed by atoms with Crippen LogP contribution in [0.25, 0.3) is 0 Å². The van der Waals surface area contributed by atoms with Gasteiger partial charge in [-0.1, -0.05) is 48.6 Å². The normalized spacial score (nSPS) is 12.7. The summed E-state index contributed by atoms with van der Waals surface area (Å²) in [7, 11) is 0. The number of nitrogens with zero attached hydrogens (tertiary/aromatic N) is 2. The Morgan fingerprint density at radius 3 is 2.61 bits per heavy atom. The molecule has 0 aliphatic carbocycles. The van der Waals surface area contributed by atoms with Gasteiger partial charge in [-0.05, 0) is 25.8 Å². The van der Waals surface area contributed by atoms with E-state index in [9.17, 15) is 4.79 Å². The van der Waals surface area contributed by atoms with E-state index in [1.165, 1.54) is 11.3 Å². The third kappa shape index (κ3) is 4.27. The van der Waals surface area contributed by atoms with E-state index in [1.807, 2.05) is 37.3 Å². The summed E-state index contributed by atoms with van der Waals surface area (Å²) < 4.78 is 0. The second kappa shape index (κ2) is 7.52. The Bertz CT molecular complexity index is 639. The molecule has 6 nitrogen and oxygen atoms in total. The molecule has 0 spiro atoms. The van der Waals surface area contributed by atoms with Crippen LogP contribution >= 0.6 is 11.3 Å². The van der Waals surface area contributed by atoms with Crippen molar-refractivity contribution in [3.63, 3.8) is 0 Å². The maximum Gasteiger partial charge on any atom is 0.321 e. The van der Waals surface area contributed by atoms with E-state index in [4.69, 9.17) is 5.11 Å². The Kier molecular flexibility index (Phi) is 5.68. The monoisotopic (exact) mass is 334 g/mol. The lowest BCUT2D eigenvalue weighted by Gasteiger charge is -2.21. The number of amides is 2. The first-order valence-corrected chi connectivity index (χ1v) is 8.37. The van der Waals surface area contributed by atoms with Gasteiger partial charge in [0.2, 0.25) is 5.13 Å². The van der Waals surface area contributed by atoms with Gasteiger partial charge in [-0.25, -0.2) is 4.79 Å². The number of aromatic nitrogens is 2. The van der Waals surface area contributed by atoms with Crippen LogP contribution in [-0.2, 0) is 5.41 Å². The maximum absolute atomic E-state index is 11.9. The van der Waals surface area contributed by atoms with E-state index in [0.717, 1.165) is 10.6 Å². The van der Waals surface area contributed by atoms with Crippen molar-refractivity contribution in [2.75, 3.05) is 11.9 Å². The van der Waals surface area contributed by atoms with Crippen LogP contribution in [0.2, 0.25) is 0 Å². The van der Waals surface area contributed by atoms with Crippen LogP contribution in [0.5, 0.6) is 0 Å². The average Bonchev–Trinajstić information content (AvgIpc) is 3.02. The SMILES string of the molecule is CCC(CO)NC(=O)Nc1nnc(C(C)(C)c2ccccc2)s1. The van der Waals surface area contributed by atoms with Crippen molar-refractivity contribution < 1.29 is 9.90 Å². The number of hydrogen-bond acceptors (Lipinski definition) is 5. The molecule has 0 saturated heterocycles. The highest BCUT2D eigenvalue weighted by Crippen LogP contribution is 2.34. The molecule has 0 fully saturated rings. The number of rotatable bonds is 6. The molecule has 1 heterocycles. The summed E-state index contributed by atoms with van der Waals surface area (Å²) in [5.74, 6) is 0. The number of aliphatic hydroxyl groups is 1. The third-order valence-electron chi connectivity index (χ3n) is 3.72. The summed E-state index contributed by atoms with van der Waals surface area (Å²) in [6.07, 6.45) is 0.659. The summed E-state index contributed by atoms with van der Waals surface area (Å²) in [5, 5.41) is 24.0. The molecule has 0 saturated carbocycles. The van der Waals surface area contributed by atoms with E-state index in [1.54, 1.807) is 0 Å². The van der Waals surface area contributed by atoms with Crippen molar-refractivity contribution in [1.82, 2.24) is 15.5 Å². The van der Waals surface area contributed by atoms with E-state index in [0.29, 0.717) is 11.6 Å². The summed E-state index contributed by atoms with van der Waals surface area (Å²) in [6, 6.07) is 9.41. The zero-order valence-corrected chi connectivity index (χ0v) is 14.4. The second-order valence-electron chi connectivity index (χ2n) is 5.79. The summed E-state index contributed by atoms with van der Waals surface area (Å²) in [6.45, 7) is 5.95. The molecule has 1 atom stereocenters. The van der Waals surface area contributed by atoms with Gasteiger partial charge in [0, 0.05) is 5.41 Å². The summed E-state index contributed by atoms with van der Waals surface area (Å²) >= 11 is 1.35. The third-order valence-corrected chi connectivity index (χ3v) is 4.89. The molecule has 0 radical (unpaired) electrons. The Labute approximate surface area is 140 Å². The minimum absolute atomic E-state index is 0.0909. The average molecular weight is 334 g/mol. The molecule has 2 amide bonds. The van der Waals surface area contributed by atoms with Crippen molar-refractivity contribution in [2.45, 2.75) is 38.6 Å². The number of hydrogen-bond donors (Lipinski definition) is 3. The van der Waals surface area contributed by atoms with Gasteiger partial charge in [0.1, 0.15) is 5.01 Å². The largest absolute Gasteiger partial charge is 0.394 e. The fourth-order valence-corrected chi connectivity index (χ4v) is 2.96. The molecule has 23 heavy (non-hydrogen) atoms. The number of carbonyl (C=O) groups excluding carboxylic acids is 1. The number of aliphatic hydroxyl groups excluding tert-OH is 1. The van der Waals surface area contributed by atoms with Crippen LogP contribution in [0.1, 0.15) is 37.8 Å². The highest BCUT2D eigenvalue weighted by Gasteiger charge is 2.27. The molecule has 2 aromatic rings. The van der Waals surface area contributed by atoms with Crippen molar-refractivity contribution in [1.29, 1.82) is 0 Å². The molecule has 0 aliphatic rings. The lowest BCUT2D eigenvalue weighted by Crippen LogP contribution is -2.39. The molecule has 124 valence electrons. The number of anilines is 1. The van der Waals surface area contributed by atoms with Gasteiger partial charge in [-0.2, -0.15) is 0 Å². The number of benzene rings is 1. The van der Waals surface area contributed by atoms with Crippen LogP contribution in [0.4, 0.5) is 9.93 Å². The topological polar surface area (TPSA) is 87.1 Å². The Morgan fingerprint density at radius 1 is 1.30 bits per heavy atom. The molecular formula is C16H22N4O2S. The Morgan fingerprint density at radius 2 is 2.00 bits per heavy atom. The molecule has 7 heteroatoms. The van der Waals surface area contributed by atoms with Crippen molar-refractivity contribution >= 4 is 22.5 Å². The van der Waals surface area contributed by atoms with Crippen LogP contribution in [0, 0.1) is 0 Å². The summed E-state index contributed by atoms with van der Waals surface area (Å²) in [4.78, 5) is 11.9. The highest BCUT2D eigenvalue weighted by molar-refractivity contribution is 7.15. The van der Waals surface area contributed by atoms with E-state index >= 15 is 0 Å². The molecule has 0 bridgehead atoms. The van der Waals surface area contributed by atoms with E-state index < -0.39 is 0 Å². The Balaban J connectivity index is 2.07. The predicted octanol–water partition coefficient (Wildman–Crippen LogP) is 2.76. The van der Waals surface area contributed by atoms with Gasteiger partial charge in [-0.3, -0.25) is 5.32 Å². The predicted molar refractivity (Wildman–Crippen MR) is 91.8 cm³/mol. The molecule has 2 rings (SSSR count). The van der Waals surface area contributed by atoms with Gasteiger partial charge >= 0.3 is 6.03 Å². The van der Waals surface area contributed by atoms with Crippen LogP contribution in [-0.4, -0.2) is 34.0 Å². The van der Waals surface area contributed by atoms with Gasteiger partial charge in [0.05, 0.1) is 12.6 Å². The lowest BCUT2D eigenvalue weighted by molar-refractivity contribution is 0.222. The number of carbonyl (C=O) groups is 1. The molecule has 3 N–H and O–H groups in total. The molecule has 1 aromatic heterocycles. The van der Waals surface area contributed by atoms with Gasteiger partial charge in [0.25, 0.3) is 0 Å². The lowest BCUT2D eigenvalue weighted by atomic mass is 9.85. The van der Waals surface area contributed by atoms with Crippen LogP contribution in [0.3, 0.4) is 0 Å². The van der Waals surface area contributed by atoms with Crippen molar-refractivity contribution in [3.05, 3.63) is 40.9 Å². The summed E-state index contributed by atoms with van der Waals surface area (Å²) in [5.41, 5.74) is 0.852. The second-order valence-corrected chi connectivity index (χ2v) is 6.77. The molecule has 0 aliphatic heterocycles. The van der Waals surface area contributed by atoms with Gasteiger partial charge in [-0.15, -0.1) is 10.2 Å².